The maximum Gasteiger partial charge on any atom is 0.303 e. The van der Waals surface area contributed by atoms with E-state index in [0.29, 0.717) is 38.8 Å². The molecule has 7 heteroatoms. The highest BCUT2D eigenvalue weighted by atomic mass is 32.2. The van der Waals surface area contributed by atoms with Crippen molar-refractivity contribution in [2.75, 3.05) is 24.6 Å². The van der Waals surface area contributed by atoms with Gasteiger partial charge in [-0.25, -0.2) is 8.42 Å². The summed E-state index contributed by atoms with van der Waals surface area (Å²) >= 11 is 0. The molecular formula is C18H25NO5S. The summed E-state index contributed by atoms with van der Waals surface area (Å²) in [6.45, 7) is 0.882. The Kier molecular flexibility index (Phi) is 6.99. The van der Waals surface area contributed by atoms with Gasteiger partial charge in [0.15, 0.2) is 9.84 Å². The number of carbonyl (C=O) groups is 2. The number of piperidine rings is 1. The van der Waals surface area contributed by atoms with Crippen molar-refractivity contribution in [3.8, 4) is 0 Å². The summed E-state index contributed by atoms with van der Waals surface area (Å²) in [6.07, 6.45) is 2.52. The highest BCUT2D eigenvalue weighted by Crippen LogP contribution is 2.20. The van der Waals surface area contributed by atoms with E-state index in [1.165, 1.54) is 0 Å². The van der Waals surface area contributed by atoms with E-state index in [0.717, 1.165) is 5.56 Å². The Hall–Kier alpha value is -1.89. The van der Waals surface area contributed by atoms with Gasteiger partial charge >= 0.3 is 5.97 Å². The third-order valence-corrected chi connectivity index (χ3v) is 6.13. The number of sulfone groups is 1. The number of carboxylic acid groups (broad SMARTS) is 1. The number of aliphatic carboxylic acids is 1. The number of likely N-dealkylation sites (tertiary alicyclic amines) is 1. The molecule has 1 aliphatic rings. The number of rotatable bonds is 8. The fourth-order valence-electron chi connectivity index (χ4n) is 3.13. The van der Waals surface area contributed by atoms with Gasteiger partial charge in [0.25, 0.3) is 0 Å². The topological polar surface area (TPSA) is 91.8 Å². The fourth-order valence-corrected chi connectivity index (χ4v) is 4.41. The Labute approximate surface area is 148 Å². The van der Waals surface area contributed by atoms with Gasteiger partial charge in [-0.2, -0.15) is 0 Å². The molecular weight excluding hydrogens is 342 g/mol. The molecule has 1 aliphatic heterocycles. The number of amides is 1. The first-order chi connectivity index (χ1) is 11.9. The van der Waals surface area contributed by atoms with Crippen LogP contribution in [-0.4, -0.2) is 54.9 Å². The van der Waals surface area contributed by atoms with Crippen molar-refractivity contribution in [2.24, 2.45) is 5.92 Å². The molecule has 25 heavy (non-hydrogen) atoms. The van der Waals surface area contributed by atoms with Crippen LogP contribution in [0.25, 0.3) is 0 Å². The molecule has 6 nitrogen and oxygen atoms in total. The lowest BCUT2D eigenvalue weighted by molar-refractivity contribution is -0.138. The Bertz CT molecular complexity index is 679. The normalized spacial score (nSPS) is 15.9. The molecule has 0 unspecified atom stereocenters. The molecule has 1 aromatic carbocycles. The van der Waals surface area contributed by atoms with E-state index < -0.39 is 21.6 Å². The molecule has 1 N–H and O–H groups in total. The van der Waals surface area contributed by atoms with E-state index in [4.69, 9.17) is 5.11 Å². The summed E-state index contributed by atoms with van der Waals surface area (Å²) in [5.41, 5.74) is 1.09. The lowest BCUT2D eigenvalue weighted by Gasteiger charge is -2.31. The smallest absolute Gasteiger partial charge is 0.303 e. The van der Waals surface area contributed by atoms with E-state index >= 15 is 0 Å². The molecule has 0 bridgehead atoms. The van der Waals surface area contributed by atoms with Crippen LogP contribution < -0.4 is 0 Å². The average molecular weight is 367 g/mol. The van der Waals surface area contributed by atoms with E-state index in [2.05, 4.69) is 0 Å². The van der Waals surface area contributed by atoms with Gasteiger partial charge in [-0.1, -0.05) is 30.3 Å². The van der Waals surface area contributed by atoms with Crippen LogP contribution in [0.4, 0.5) is 0 Å². The maximum atomic E-state index is 12.2. The Morgan fingerprint density at radius 1 is 1.12 bits per heavy atom. The van der Waals surface area contributed by atoms with Crippen molar-refractivity contribution >= 4 is 21.7 Å². The molecule has 0 aromatic heterocycles. The zero-order valence-corrected chi connectivity index (χ0v) is 15.1. The average Bonchev–Trinajstić information content (AvgIpc) is 2.55. The number of nitrogens with zero attached hydrogens (tertiary/aromatic N) is 1. The molecule has 1 amide bonds. The van der Waals surface area contributed by atoms with Crippen molar-refractivity contribution in [3.63, 3.8) is 0 Å². The van der Waals surface area contributed by atoms with Crippen molar-refractivity contribution < 1.29 is 23.1 Å². The van der Waals surface area contributed by atoms with Crippen molar-refractivity contribution in [2.45, 2.75) is 32.1 Å². The first kappa shape index (κ1) is 19.4. The predicted molar refractivity (Wildman–Crippen MR) is 95.0 cm³/mol. The molecule has 1 fully saturated rings. The van der Waals surface area contributed by atoms with Crippen molar-refractivity contribution in [3.05, 3.63) is 35.9 Å². The second kappa shape index (κ2) is 8.99. The van der Waals surface area contributed by atoms with Gasteiger partial charge in [0.1, 0.15) is 5.75 Å². The van der Waals surface area contributed by atoms with Crippen LogP contribution in [-0.2, 0) is 25.8 Å². The maximum absolute atomic E-state index is 12.2. The van der Waals surface area contributed by atoms with E-state index in [9.17, 15) is 18.0 Å². The molecule has 1 heterocycles. The summed E-state index contributed by atoms with van der Waals surface area (Å²) in [5, 5.41) is 8.80. The monoisotopic (exact) mass is 367 g/mol. The van der Waals surface area contributed by atoms with Crippen LogP contribution in [0.5, 0.6) is 0 Å². The molecule has 138 valence electrons. The highest BCUT2D eigenvalue weighted by molar-refractivity contribution is 7.92. The minimum absolute atomic E-state index is 0.00309. The molecule has 1 aromatic rings. The molecule has 2 rings (SSSR count). The van der Waals surface area contributed by atoms with Crippen LogP contribution in [0.15, 0.2) is 30.3 Å². The second-order valence-electron chi connectivity index (χ2n) is 6.60. The molecule has 1 saturated heterocycles. The minimum Gasteiger partial charge on any atom is -0.481 e. The molecule has 0 saturated carbocycles. The van der Waals surface area contributed by atoms with Crippen molar-refractivity contribution in [1.82, 2.24) is 4.90 Å². The predicted octanol–water partition coefficient (Wildman–Crippen LogP) is 1.75. The van der Waals surface area contributed by atoms with Gasteiger partial charge in [-0.15, -0.1) is 0 Å². The molecule has 0 spiro atoms. The van der Waals surface area contributed by atoms with Crippen LogP contribution >= 0.6 is 0 Å². The number of hydrogen-bond acceptors (Lipinski definition) is 4. The zero-order chi connectivity index (χ0) is 18.3. The Balaban J connectivity index is 1.74. The van der Waals surface area contributed by atoms with E-state index in [1.54, 1.807) is 4.90 Å². The fraction of sp³-hybridized carbons (Fsp3) is 0.556. The number of aryl methyl sites for hydroxylation is 1. The highest BCUT2D eigenvalue weighted by Gasteiger charge is 2.27. The summed E-state index contributed by atoms with van der Waals surface area (Å²) in [4.78, 5) is 24.5. The summed E-state index contributed by atoms with van der Waals surface area (Å²) in [7, 11) is -3.42. The van der Waals surface area contributed by atoms with E-state index in [-0.39, 0.29) is 24.0 Å². The van der Waals surface area contributed by atoms with Gasteiger partial charge in [0.2, 0.25) is 5.91 Å². The van der Waals surface area contributed by atoms with E-state index in [1.807, 2.05) is 30.3 Å². The van der Waals surface area contributed by atoms with Gasteiger partial charge < -0.3 is 10.0 Å². The lowest BCUT2D eigenvalue weighted by Crippen LogP contribution is -2.42. The summed E-state index contributed by atoms with van der Waals surface area (Å²) in [5.74, 6) is -1.57. The first-order valence-electron chi connectivity index (χ1n) is 8.59. The number of carbonyl (C=O) groups excluding carboxylic acids is 1. The van der Waals surface area contributed by atoms with Crippen LogP contribution in [0.3, 0.4) is 0 Å². The molecule has 0 aliphatic carbocycles. The Morgan fingerprint density at radius 3 is 2.36 bits per heavy atom. The van der Waals surface area contributed by atoms with Gasteiger partial charge in [0.05, 0.1) is 5.75 Å². The number of carboxylic acids is 1. The molecule has 0 radical (unpaired) electrons. The van der Waals surface area contributed by atoms with Gasteiger partial charge in [-0.3, -0.25) is 9.59 Å². The third kappa shape index (κ3) is 6.86. The van der Waals surface area contributed by atoms with Crippen LogP contribution in [0, 0.1) is 5.92 Å². The summed E-state index contributed by atoms with van der Waals surface area (Å²) in [6, 6.07) is 9.67. The first-order valence-corrected chi connectivity index (χ1v) is 10.4. The van der Waals surface area contributed by atoms with Crippen LogP contribution in [0.1, 0.15) is 31.2 Å². The largest absolute Gasteiger partial charge is 0.481 e. The second-order valence-corrected chi connectivity index (χ2v) is 8.79. The number of benzene rings is 1. The lowest BCUT2D eigenvalue weighted by atomic mass is 9.94. The van der Waals surface area contributed by atoms with Crippen molar-refractivity contribution in [1.29, 1.82) is 0 Å². The van der Waals surface area contributed by atoms with Gasteiger partial charge in [-0.05, 0) is 37.2 Å². The Morgan fingerprint density at radius 2 is 1.76 bits per heavy atom. The van der Waals surface area contributed by atoms with Gasteiger partial charge in [0, 0.05) is 19.5 Å². The standard InChI is InChI=1S/C18H25NO5S/c20-17(19-10-8-16(9-11-19)13-18(21)22)14-25(23,24)12-4-7-15-5-2-1-3-6-15/h1-3,5-6,16H,4,7-14H2,(H,21,22). The quantitative estimate of drug-likeness (QED) is 0.756. The summed E-state index contributed by atoms with van der Waals surface area (Å²) < 4.78 is 24.3. The zero-order valence-electron chi connectivity index (χ0n) is 14.3. The SMILES string of the molecule is O=C(O)CC1CCN(C(=O)CS(=O)(=O)CCCc2ccccc2)CC1. The third-order valence-electron chi connectivity index (χ3n) is 4.54. The number of hydrogen-bond donors (Lipinski definition) is 1. The van der Waals surface area contributed by atoms with Crippen LogP contribution in [0.2, 0.25) is 0 Å². The molecule has 0 atom stereocenters. The minimum atomic E-state index is -3.42.